The highest BCUT2D eigenvalue weighted by atomic mass is 35.5. The van der Waals surface area contributed by atoms with E-state index < -0.39 is 12.1 Å². The van der Waals surface area contributed by atoms with E-state index in [4.69, 9.17) is 21.1 Å². The van der Waals surface area contributed by atoms with E-state index in [1.54, 1.807) is 22.6 Å². The average Bonchev–Trinajstić information content (AvgIpc) is 3.43. The number of amides is 2. The SMILES string of the molecule is CN1CC(=O)N2[C@H](c3ccc4c(c3)OCO4)c3c(c4ccccc4n3C(=O)CCl)C[C@@H]2C1=O. The van der Waals surface area contributed by atoms with Crippen LogP contribution >= 0.6 is 11.6 Å². The highest BCUT2D eigenvalue weighted by Gasteiger charge is 2.49. The zero-order valence-electron chi connectivity index (χ0n) is 17.8. The Kier molecular flexibility index (Phi) is 4.42. The number of piperazine rings is 1. The van der Waals surface area contributed by atoms with Crippen molar-refractivity contribution in [3.63, 3.8) is 0 Å². The molecule has 4 heterocycles. The quantitative estimate of drug-likeness (QED) is 0.543. The van der Waals surface area contributed by atoms with E-state index in [-0.39, 0.29) is 36.9 Å². The summed E-state index contributed by atoms with van der Waals surface area (Å²) in [7, 11) is 1.64. The van der Waals surface area contributed by atoms with Crippen molar-refractivity contribution in [3.05, 3.63) is 59.3 Å². The van der Waals surface area contributed by atoms with Gasteiger partial charge in [0.15, 0.2) is 11.5 Å². The van der Waals surface area contributed by atoms with Crippen LogP contribution in [0, 0.1) is 0 Å². The summed E-state index contributed by atoms with van der Waals surface area (Å²) in [5.74, 6) is 0.390. The van der Waals surface area contributed by atoms with Gasteiger partial charge in [-0.2, -0.15) is 0 Å². The van der Waals surface area contributed by atoms with Gasteiger partial charge in [-0.1, -0.05) is 24.3 Å². The lowest BCUT2D eigenvalue weighted by molar-refractivity contribution is -0.157. The van der Waals surface area contributed by atoms with Gasteiger partial charge in [0.05, 0.1) is 23.8 Å². The molecule has 0 aliphatic carbocycles. The molecule has 2 atom stereocenters. The van der Waals surface area contributed by atoms with Crippen molar-refractivity contribution in [2.24, 2.45) is 0 Å². The number of aromatic nitrogens is 1. The zero-order valence-corrected chi connectivity index (χ0v) is 18.5. The lowest BCUT2D eigenvalue weighted by Gasteiger charge is -2.46. The van der Waals surface area contributed by atoms with E-state index in [1.165, 1.54) is 4.90 Å². The van der Waals surface area contributed by atoms with Crippen molar-refractivity contribution in [2.75, 3.05) is 26.3 Å². The number of hydrogen-bond donors (Lipinski definition) is 0. The van der Waals surface area contributed by atoms with E-state index >= 15 is 0 Å². The molecule has 0 saturated carbocycles. The van der Waals surface area contributed by atoms with Gasteiger partial charge in [0.25, 0.3) is 0 Å². The number of benzene rings is 2. The fourth-order valence-electron chi connectivity index (χ4n) is 5.30. The highest BCUT2D eigenvalue weighted by Crippen LogP contribution is 2.46. The minimum atomic E-state index is -0.662. The molecule has 1 aromatic heterocycles. The maximum atomic E-state index is 13.3. The maximum absolute atomic E-state index is 13.3. The average molecular weight is 466 g/mol. The molecule has 0 radical (unpaired) electrons. The first-order valence-corrected chi connectivity index (χ1v) is 11.2. The van der Waals surface area contributed by atoms with Crippen LogP contribution in [-0.2, 0) is 16.0 Å². The standard InChI is InChI=1S/C24H20ClN3O5/c1-26-11-21(30)28-17(24(26)31)9-15-14-4-2-3-5-16(14)27(20(29)10-25)23(15)22(28)13-6-7-18-19(8-13)33-12-32-18/h2-8,17,22H,9-12H2,1H3/t17-,22-/m1/s1. The molecule has 9 heteroatoms. The molecular weight excluding hydrogens is 446 g/mol. The molecule has 3 aromatic rings. The molecule has 0 unspecified atom stereocenters. The van der Waals surface area contributed by atoms with E-state index in [1.807, 2.05) is 36.4 Å². The van der Waals surface area contributed by atoms with Crippen LogP contribution in [-0.4, -0.2) is 64.4 Å². The van der Waals surface area contributed by atoms with Gasteiger partial charge in [0, 0.05) is 18.9 Å². The molecule has 168 valence electrons. The predicted octanol–water partition coefficient (Wildman–Crippen LogP) is 2.56. The van der Waals surface area contributed by atoms with Crippen LogP contribution in [0.5, 0.6) is 11.5 Å². The second kappa shape index (κ2) is 7.25. The van der Waals surface area contributed by atoms with E-state index in [0.717, 1.165) is 16.5 Å². The third-order valence-corrected chi connectivity index (χ3v) is 6.92. The summed E-state index contributed by atoms with van der Waals surface area (Å²) in [5, 5.41) is 0.879. The van der Waals surface area contributed by atoms with Crippen LogP contribution in [0.1, 0.15) is 27.7 Å². The lowest BCUT2D eigenvalue weighted by Crippen LogP contribution is -2.62. The van der Waals surface area contributed by atoms with Crippen LogP contribution < -0.4 is 9.47 Å². The second-order valence-electron chi connectivity index (χ2n) is 8.47. The number of para-hydroxylation sites is 1. The smallest absolute Gasteiger partial charge is 0.246 e. The first-order valence-electron chi connectivity index (χ1n) is 10.7. The molecule has 33 heavy (non-hydrogen) atoms. The number of fused-ring (bicyclic) bond motifs is 5. The molecule has 0 bridgehead atoms. The second-order valence-corrected chi connectivity index (χ2v) is 8.74. The summed E-state index contributed by atoms with van der Waals surface area (Å²) in [6.45, 7) is 0.101. The third-order valence-electron chi connectivity index (χ3n) is 6.69. The van der Waals surface area contributed by atoms with Gasteiger partial charge in [-0.15, -0.1) is 11.6 Å². The number of alkyl halides is 1. The largest absolute Gasteiger partial charge is 0.454 e. The van der Waals surface area contributed by atoms with E-state index in [0.29, 0.717) is 29.1 Å². The summed E-state index contributed by atoms with van der Waals surface area (Å²) >= 11 is 6.02. The monoisotopic (exact) mass is 465 g/mol. The number of carbonyl (C=O) groups excluding carboxylic acids is 3. The molecule has 3 aliphatic rings. The molecule has 3 aliphatic heterocycles. The Morgan fingerprint density at radius 2 is 1.91 bits per heavy atom. The molecular formula is C24H20ClN3O5. The number of hydrogen-bond acceptors (Lipinski definition) is 5. The maximum Gasteiger partial charge on any atom is 0.246 e. The van der Waals surface area contributed by atoms with Gasteiger partial charge in [0.2, 0.25) is 24.5 Å². The Hall–Kier alpha value is -3.52. The molecule has 2 amide bonds. The van der Waals surface area contributed by atoms with Crippen molar-refractivity contribution in [1.29, 1.82) is 0 Å². The predicted molar refractivity (Wildman–Crippen MR) is 120 cm³/mol. The van der Waals surface area contributed by atoms with Crippen molar-refractivity contribution in [1.82, 2.24) is 14.4 Å². The number of carbonyl (C=O) groups is 3. The minimum absolute atomic E-state index is 0.0185. The van der Waals surface area contributed by atoms with Gasteiger partial charge in [-0.25, -0.2) is 0 Å². The van der Waals surface area contributed by atoms with Gasteiger partial charge in [-0.3, -0.25) is 19.0 Å². The first kappa shape index (κ1) is 20.1. The highest BCUT2D eigenvalue weighted by molar-refractivity contribution is 6.28. The minimum Gasteiger partial charge on any atom is -0.454 e. The van der Waals surface area contributed by atoms with E-state index in [9.17, 15) is 14.4 Å². The molecule has 1 fully saturated rings. The summed E-state index contributed by atoms with van der Waals surface area (Å²) in [4.78, 5) is 42.7. The Labute approximate surface area is 194 Å². The summed E-state index contributed by atoms with van der Waals surface area (Å²) in [6.07, 6.45) is 0.328. The van der Waals surface area contributed by atoms with E-state index in [2.05, 4.69) is 0 Å². The van der Waals surface area contributed by atoms with Crippen LogP contribution in [0.2, 0.25) is 0 Å². The van der Waals surface area contributed by atoms with Gasteiger partial charge in [0.1, 0.15) is 11.9 Å². The molecule has 6 rings (SSSR count). The number of ether oxygens (including phenoxy) is 2. The summed E-state index contributed by atoms with van der Waals surface area (Å²) < 4.78 is 12.6. The Morgan fingerprint density at radius 1 is 1.12 bits per heavy atom. The Bertz CT molecular complexity index is 1350. The van der Waals surface area contributed by atoms with Crippen LogP contribution in [0.25, 0.3) is 10.9 Å². The van der Waals surface area contributed by atoms with Crippen LogP contribution in [0.4, 0.5) is 0 Å². The molecule has 0 N–H and O–H groups in total. The molecule has 2 aromatic carbocycles. The molecule has 8 nitrogen and oxygen atoms in total. The van der Waals surface area contributed by atoms with Crippen molar-refractivity contribution in [3.8, 4) is 11.5 Å². The number of halogens is 1. The third kappa shape index (κ3) is 2.80. The first-order chi connectivity index (χ1) is 16.0. The molecule has 1 saturated heterocycles. The van der Waals surface area contributed by atoms with Gasteiger partial charge >= 0.3 is 0 Å². The number of likely N-dealkylation sites (N-methyl/N-ethyl adjacent to an activating group) is 1. The fraction of sp³-hybridized carbons (Fsp3) is 0.292. The number of nitrogens with zero attached hydrogens (tertiary/aromatic N) is 3. The lowest BCUT2D eigenvalue weighted by atomic mass is 9.86. The van der Waals surface area contributed by atoms with Crippen molar-refractivity contribution >= 4 is 40.2 Å². The van der Waals surface area contributed by atoms with Gasteiger partial charge < -0.3 is 19.3 Å². The number of rotatable bonds is 2. The van der Waals surface area contributed by atoms with Crippen molar-refractivity contribution in [2.45, 2.75) is 18.5 Å². The van der Waals surface area contributed by atoms with Crippen LogP contribution in [0.15, 0.2) is 42.5 Å². The summed E-state index contributed by atoms with van der Waals surface area (Å²) in [6, 6.07) is 11.7. The zero-order chi connectivity index (χ0) is 22.9. The fourth-order valence-corrected chi connectivity index (χ4v) is 5.42. The normalized spacial score (nSPS) is 21.4. The van der Waals surface area contributed by atoms with Crippen molar-refractivity contribution < 1.29 is 23.9 Å². The van der Waals surface area contributed by atoms with Crippen LogP contribution in [0.3, 0.4) is 0 Å². The molecule has 0 spiro atoms. The Balaban J connectivity index is 1.67. The Morgan fingerprint density at radius 3 is 2.73 bits per heavy atom. The van der Waals surface area contributed by atoms with Gasteiger partial charge in [-0.05, 0) is 29.3 Å². The summed E-state index contributed by atoms with van der Waals surface area (Å²) in [5.41, 5.74) is 3.00. The topological polar surface area (TPSA) is 81.1 Å².